The van der Waals surface area contributed by atoms with Gasteiger partial charge in [-0.15, -0.1) is 0 Å². The topological polar surface area (TPSA) is 79.8 Å². The number of anilines is 1. The molecule has 3 heterocycles. The maximum absolute atomic E-state index is 11.8. The van der Waals surface area contributed by atoms with Gasteiger partial charge in [0.1, 0.15) is 12.4 Å². The van der Waals surface area contributed by atoms with E-state index in [9.17, 15) is 13.2 Å². The zero-order valence-corrected chi connectivity index (χ0v) is 14.1. The Morgan fingerprint density at radius 3 is 2.52 bits per heavy atom. The Morgan fingerprint density at radius 1 is 1.26 bits per heavy atom. The highest BCUT2D eigenvalue weighted by Gasteiger charge is 2.33. The lowest BCUT2D eigenvalue weighted by atomic mass is 9.94. The van der Waals surface area contributed by atoms with E-state index in [-0.39, 0.29) is 18.1 Å². The van der Waals surface area contributed by atoms with Crippen LogP contribution in [0, 0.1) is 0 Å². The smallest absolute Gasteiger partial charge is 0.415 e. The second-order valence-corrected chi connectivity index (χ2v) is 8.14. The lowest BCUT2D eigenvalue weighted by Crippen LogP contribution is -2.37. The van der Waals surface area contributed by atoms with Gasteiger partial charge < -0.3 is 4.74 Å². The van der Waals surface area contributed by atoms with Crippen LogP contribution in [0.1, 0.15) is 31.4 Å². The average molecular weight is 339 g/mol. The van der Waals surface area contributed by atoms with Gasteiger partial charge >= 0.3 is 6.09 Å². The van der Waals surface area contributed by atoms with Gasteiger partial charge in [-0.3, -0.25) is 4.90 Å². The molecule has 2 saturated heterocycles. The molecule has 126 valence electrons. The Hall–Kier alpha value is -1.67. The highest BCUT2D eigenvalue weighted by molar-refractivity contribution is 7.88. The molecule has 23 heavy (non-hydrogen) atoms. The third-order valence-electron chi connectivity index (χ3n) is 4.43. The van der Waals surface area contributed by atoms with Crippen molar-refractivity contribution in [1.29, 1.82) is 0 Å². The van der Waals surface area contributed by atoms with Gasteiger partial charge in [0.05, 0.1) is 12.3 Å². The molecule has 0 N–H and O–H groups in total. The van der Waals surface area contributed by atoms with Crippen LogP contribution in [0.4, 0.5) is 10.6 Å². The number of nitrogens with zero attached hydrogens (tertiary/aromatic N) is 3. The third kappa shape index (κ3) is 3.32. The van der Waals surface area contributed by atoms with Crippen molar-refractivity contribution in [3.05, 3.63) is 23.9 Å². The van der Waals surface area contributed by atoms with E-state index >= 15 is 0 Å². The molecule has 2 fully saturated rings. The van der Waals surface area contributed by atoms with Crippen molar-refractivity contribution in [2.24, 2.45) is 0 Å². The molecule has 3 rings (SSSR count). The van der Waals surface area contributed by atoms with Crippen molar-refractivity contribution in [3.8, 4) is 0 Å². The number of sulfonamides is 1. The maximum atomic E-state index is 11.8. The fraction of sp³-hybridized carbons (Fsp3) is 0.600. The van der Waals surface area contributed by atoms with E-state index in [0.717, 1.165) is 18.5 Å². The van der Waals surface area contributed by atoms with E-state index in [0.29, 0.717) is 25.5 Å². The van der Waals surface area contributed by atoms with Crippen molar-refractivity contribution in [1.82, 2.24) is 9.29 Å². The number of carbonyl (C=O) groups excluding carboxylic acids is 1. The van der Waals surface area contributed by atoms with E-state index in [2.05, 4.69) is 4.98 Å². The molecule has 7 nitrogen and oxygen atoms in total. The number of hydrogen-bond donors (Lipinski definition) is 0. The largest absolute Gasteiger partial charge is 0.447 e. The van der Waals surface area contributed by atoms with Crippen LogP contribution in [-0.2, 0) is 14.8 Å². The first-order chi connectivity index (χ1) is 10.9. The molecular formula is C15H21N3O4S. The molecule has 0 bridgehead atoms. The normalized spacial score (nSPS) is 24.0. The molecule has 0 saturated carbocycles. The summed E-state index contributed by atoms with van der Waals surface area (Å²) in [5, 5.41) is 0. The predicted octanol–water partition coefficient (Wildman–Crippen LogP) is 1.57. The first kappa shape index (κ1) is 16.2. The van der Waals surface area contributed by atoms with Gasteiger partial charge in [-0.25, -0.2) is 22.5 Å². The molecule has 1 aromatic heterocycles. The number of rotatable bonds is 3. The fourth-order valence-electron chi connectivity index (χ4n) is 3.12. The van der Waals surface area contributed by atoms with Crippen molar-refractivity contribution in [3.63, 3.8) is 0 Å². The van der Waals surface area contributed by atoms with E-state index in [1.165, 1.54) is 10.6 Å². The van der Waals surface area contributed by atoms with E-state index in [1.54, 1.807) is 11.0 Å². The molecule has 0 aromatic carbocycles. The SMILES string of the molecule is C[C@@H]1COC(=O)N1c1cccc(C2CCN(S(C)(=O)=O)CC2)n1. The summed E-state index contributed by atoms with van der Waals surface area (Å²) in [5.41, 5.74) is 0.905. The Balaban J connectivity index is 1.75. The number of piperidine rings is 1. The van der Waals surface area contributed by atoms with Crippen LogP contribution in [0.2, 0.25) is 0 Å². The number of pyridine rings is 1. The number of cyclic esters (lactones) is 1. The first-order valence-corrected chi connectivity index (χ1v) is 9.59. The molecule has 0 unspecified atom stereocenters. The average Bonchev–Trinajstić information content (AvgIpc) is 2.86. The molecule has 1 amide bonds. The summed E-state index contributed by atoms with van der Waals surface area (Å²) >= 11 is 0. The molecule has 8 heteroatoms. The predicted molar refractivity (Wildman–Crippen MR) is 85.9 cm³/mol. The highest BCUT2D eigenvalue weighted by atomic mass is 32.2. The van der Waals surface area contributed by atoms with Gasteiger partial charge in [-0.05, 0) is 31.9 Å². The van der Waals surface area contributed by atoms with Crippen LogP contribution >= 0.6 is 0 Å². The number of ether oxygens (including phenoxy) is 1. The van der Waals surface area contributed by atoms with Crippen LogP contribution in [0.25, 0.3) is 0 Å². The van der Waals surface area contributed by atoms with E-state index in [4.69, 9.17) is 4.74 Å². The minimum Gasteiger partial charge on any atom is -0.447 e. The van der Waals surface area contributed by atoms with Gasteiger partial charge in [0.25, 0.3) is 0 Å². The third-order valence-corrected chi connectivity index (χ3v) is 5.73. The second kappa shape index (κ2) is 6.09. The molecule has 2 aliphatic heterocycles. The molecule has 0 radical (unpaired) electrons. The lowest BCUT2D eigenvalue weighted by molar-refractivity contribution is 0.179. The summed E-state index contributed by atoms with van der Waals surface area (Å²) in [6.45, 7) is 3.32. The maximum Gasteiger partial charge on any atom is 0.415 e. The molecule has 0 spiro atoms. The van der Waals surface area contributed by atoms with Crippen molar-refractivity contribution >= 4 is 21.9 Å². The fourth-order valence-corrected chi connectivity index (χ4v) is 3.99. The molecule has 1 atom stereocenters. The molecule has 2 aliphatic rings. The standard InChI is InChI=1S/C15H21N3O4S/c1-11-10-22-15(19)18(11)14-5-3-4-13(16-14)12-6-8-17(9-7-12)23(2,20)21/h3-5,11-12H,6-10H2,1-2H3/t11-/m1/s1. The summed E-state index contributed by atoms with van der Waals surface area (Å²) in [5.74, 6) is 0.810. The quantitative estimate of drug-likeness (QED) is 0.835. The highest BCUT2D eigenvalue weighted by Crippen LogP contribution is 2.30. The number of aromatic nitrogens is 1. The minimum absolute atomic E-state index is 0.0302. The number of carbonyl (C=O) groups is 1. The monoisotopic (exact) mass is 339 g/mol. The summed E-state index contributed by atoms with van der Waals surface area (Å²) in [6, 6.07) is 5.60. The van der Waals surface area contributed by atoms with Gasteiger partial charge in [-0.2, -0.15) is 0 Å². The minimum atomic E-state index is -3.12. The van der Waals surface area contributed by atoms with Gasteiger partial charge in [0.15, 0.2) is 0 Å². The zero-order chi connectivity index (χ0) is 16.6. The molecular weight excluding hydrogens is 318 g/mol. The van der Waals surface area contributed by atoms with Crippen LogP contribution in [-0.4, -0.2) is 55.8 Å². The van der Waals surface area contributed by atoms with Gasteiger partial charge in [0.2, 0.25) is 10.0 Å². The molecule has 1 aromatic rings. The van der Waals surface area contributed by atoms with Gasteiger partial charge in [-0.1, -0.05) is 6.07 Å². The summed E-state index contributed by atoms with van der Waals surface area (Å²) in [4.78, 5) is 18.0. The molecule has 0 aliphatic carbocycles. The Morgan fingerprint density at radius 2 is 1.96 bits per heavy atom. The Labute approximate surface area is 136 Å². The van der Waals surface area contributed by atoms with E-state index in [1.807, 2.05) is 19.1 Å². The lowest BCUT2D eigenvalue weighted by Gasteiger charge is -2.30. The zero-order valence-electron chi connectivity index (χ0n) is 13.3. The van der Waals surface area contributed by atoms with Crippen LogP contribution in [0.5, 0.6) is 0 Å². The Kier molecular flexibility index (Phi) is 4.29. The first-order valence-electron chi connectivity index (χ1n) is 7.74. The van der Waals surface area contributed by atoms with Crippen molar-refractivity contribution < 1.29 is 17.9 Å². The number of hydrogen-bond acceptors (Lipinski definition) is 5. The van der Waals surface area contributed by atoms with Crippen molar-refractivity contribution in [2.75, 3.05) is 30.9 Å². The second-order valence-electron chi connectivity index (χ2n) is 6.15. The van der Waals surface area contributed by atoms with Crippen molar-refractivity contribution in [2.45, 2.75) is 31.7 Å². The van der Waals surface area contributed by atoms with Crippen LogP contribution in [0.15, 0.2) is 18.2 Å². The Bertz CT molecular complexity index is 698. The van der Waals surface area contributed by atoms with Gasteiger partial charge in [0, 0.05) is 24.7 Å². The summed E-state index contributed by atoms with van der Waals surface area (Å²) in [6.07, 6.45) is 2.36. The van der Waals surface area contributed by atoms with E-state index < -0.39 is 10.0 Å². The summed E-state index contributed by atoms with van der Waals surface area (Å²) < 4.78 is 29.7. The van der Waals surface area contributed by atoms with Crippen LogP contribution < -0.4 is 4.90 Å². The number of amides is 1. The van der Waals surface area contributed by atoms with Crippen LogP contribution in [0.3, 0.4) is 0 Å². The summed E-state index contributed by atoms with van der Waals surface area (Å²) in [7, 11) is -3.12.